The molecule has 0 bridgehead atoms. The molecule has 4 heteroatoms. The van der Waals surface area contributed by atoms with E-state index in [1.807, 2.05) is 62.4 Å². The first-order valence-corrected chi connectivity index (χ1v) is 10.4. The second-order valence-corrected chi connectivity index (χ2v) is 7.93. The van der Waals surface area contributed by atoms with Crippen LogP contribution in [-0.2, 0) is 0 Å². The van der Waals surface area contributed by atoms with Crippen LogP contribution in [0.1, 0.15) is 32.1 Å². The monoisotopic (exact) mass is 416 g/mol. The van der Waals surface area contributed by atoms with Crippen LogP contribution in [0.15, 0.2) is 72.8 Å². The molecule has 0 N–H and O–H groups in total. The lowest BCUT2D eigenvalue weighted by atomic mass is 9.98. The Hall–Kier alpha value is -4.18. The average molecular weight is 416 g/mol. The smallest absolute Gasteiger partial charge is 0.150 e. The molecule has 5 aromatic rings. The largest absolute Gasteiger partial charge is 0.298 e. The second-order valence-electron chi connectivity index (χ2n) is 7.93. The summed E-state index contributed by atoms with van der Waals surface area (Å²) in [6, 6.07) is 23.5. The van der Waals surface area contributed by atoms with E-state index < -0.39 is 0 Å². The summed E-state index contributed by atoms with van der Waals surface area (Å²) in [6.07, 6.45) is 1.70. The Morgan fingerprint density at radius 2 is 0.938 bits per heavy atom. The van der Waals surface area contributed by atoms with Gasteiger partial charge in [-0.3, -0.25) is 19.6 Å². The van der Waals surface area contributed by atoms with E-state index in [4.69, 9.17) is 9.97 Å². The lowest BCUT2D eigenvalue weighted by molar-refractivity contribution is 0.111. The lowest BCUT2D eigenvalue weighted by Gasteiger charge is -2.12. The van der Waals surface area contributed by atoms with Crippen LogP contribution in [0.3, 0.4) is 0 Å². The Balaban J connectivity index is 1.65. The predicted molar refractivity (Wildman–Crippen MR) is 128 cm³/mol. The number of hydrogen-bond donors (Lipinski definition) is 0. The highest BCUT2D eigenvalue weighted by molar-refractivity contribution is 6.05. The third-order valence-corrected chi connectivity index (χ3v) is 5.87. The van der Waals surface area contributed by atoms with Gasteiger partial charge in [0, 0.05) is 44.4 Å². The normalized spacial score (nSPS) is 11.1. The quantitative estimate of drug-likeness (QED) is 0.253. The number of carbonyl (C=O) groups is 2. The maximum Gasteiger partial charge on any atom is 0.150 e. The van der Waals surface area contributed by atoms with E-state index in [0.29, 0.717) is 11.1 Å². The highest BCUT2D eigenvalue weighted by Gasteiger charge is 2.12. The zero-order valence-corrected chi connectivity index (χ0v) is 17.8. The molecule has 0 spiro atoms. The molecule has 2 aromatic heterocycles. The van der Waals surface area contributed by atoms with Gasteiger partial charge in [-0.05, 0) is 37.1 Å². The zero-order chi connectivity index (χ0) is 22.2. The Morgan fingerprint density at radius 1 is 0.562 bits per heavy atom. The first kappa shape index (κ1) is 19.8. The number of pyridine rings is 2. The molecule has 0 aliphatic rings. The second kappa shape index (κ2) is 7.82. The van der Waals surface area contributed by atoms with Crippen LogP contribution in [0.5, 0.6) is 0 Å². The molecule has 0 saturated carbocycles. The van der Waals surface area contributed by atoms with Gasteiger partial charge in [0.1, 0.15) is 12.6 Å². The Bertz CT molecular complexity index is 1390. The van der Waals surface area contributed by atoms with Gasteiger partial charge in [0.25, 0.3) is 0 Å². The van der Waals surface area contributed by atoms with E-state index in [1.165, 1.54) is 0 Å². The SMILES string of the molecule is Cc1nc2c(ccc3cc(-c4ccc(C=O)cc4)c(C)nc32)cc1-c1ccc(C=O)cc1. The minimum atomic E-state index is 0.655. The van der Waals surface area contributed by atoms with Crippen molar-refractivity contribution < 1.29 is 9.59 Å². The van der Waals surface area contributed by atoms with Gasteiger partial charge < -0.3 is 0 Å². The maximum atomic E-state index is 11.0. The molecular formula is C28H20N2O2. The molecule has 32 heavy (non-hydrogen) atoms. The molecule has 0 unspecified atom stereocenters. The van der Waals surface area contributed by atoms with Gasteiger partial charge in [0.05, 0.1) is 11.0 Å². The van der Waals surface area contributed by atoms with Crippen LogP contribution in [0, 0.1) is 13.8 Å². The van der Waals surface area contributed by atoms with E-state index in [2.05, 4.69) is 24.3 Å². The van der Waals surface area contributed by atoms with Crippen LogP contribution in [-0.4, -0.2) is 22.5 Å². The molecule has 5 rings (SSSR count). The number of nitrogens with zero attached hydrogens (tertiary/aromatic N) is 2. The molecule has 0 aliphatic heterocycles. The summed E-state index contributed by atoms with van der Waals surface area (Å²) < 4.78 is 0. The van der Waals surface area contributed by atoms with Crippen molar-refractivity contribution in [1.29, 1.82) is 0 Å². The first-order valence-electron chi connectivity index (χ1n) is 10.4. The summed E-state index contributed by atoms with van der Waals surface area (Å²) in [5.74, 6) is 0. The number of rotatable bonds is 4. The zero-order valence-electron chi connectivity index (χ0n) is 17.8. The van der Waals surface area contributed by atoms with Gasteiger partial charge in [-0.15, -0.1) is 0 Å². The Kier molecular flexibility index (Phi) is 4.83. The molecule has 0 radical (unpaired) electrons. The molecule has 0 saturated heterocycles. The van der Waals surface area contributed by atoms with Gasteiger partial charge in [-0.2, -0.15) is 0 Å². The van der Waals surface area contributed by atoms with Crippen LogP contribution in [0.2, 0.25) is 0 Å². The van der Waals surface area contributed by atoms with E-state index in [1.54, 1.807) is 0 Å². The first-order chi connectivity index (χ1) is 15.6. The van der Waals surface area contributed by atoms with Crippen molar-refractivity contribution in [2.75, 3.05) is 0 Å². The highest BCUT2D eigenvalue weighted by atomic mass is 16.1. The highest BCUT2D eigenvalue weighted by Crippen LogP contribution is 2.32. The van der Waals surface area contributed by atoms with Crippen LogP contribution in [0.25, 0.3) is 44.1 Å². The van der Waals surface area contributed by atoms with E-state index in [9.17, 15) is 9.59 Å². The standard InChI is InChI=1S/C28H20N2O2/c1-17-25(21-7-3-19(15-31)4-8-21)13-23-11-12-24-14-26(18(2)30-28(24)27(23)29-17)22-9-5-20(16-32)6-10-22/h3-16H,1-2H3. The minimum absolute atomic E-state index is 0.655. The molecule has 4 nitrogen and oxygen atoms in total. The third kappa shape index (κ3) is 3.36. The van der Waals surface area contributed by atoms with Crippen LogP contribution >= 0.6 is 0 Å². The molecule has 3 aromatic carbocycles. The number of fused-ring (bicyclic) bond motifs is 3. The van der Waals surface area contributed by atoms with Gasteiger partial charge >= 0.3 is 0 Å². The number of hydrogen-bond acceptors (Lipinski definition) is 4. The van der Waals surface area contributed by atoms with E-state index >= 15 is 0 Å². The van der Waals surface area contributed by atoms with Crippen molar-refractivity contribution in [3.8, 4) is 22.3 Å². The van der Waals surface area contributed by atoms with Gasteiger partial charge in [-0.1, -0.05) is 60.7 Å². The molecule has 0 aliphatic carbocycles. The molecule has 154 valence electrons. The van der Waals surface area contributed by atoms with Gasteiger partial charge in [0.2, 0.25) is 0 Å². The Morgan fingerprint density at radius 3 is 1.28 bits per heavy atom. The predicted octanol–water partition coefficient (Wildman–Crippen LogP) is 6.36. The van der Waals surface area contributed by atoms with Crippen molar-refractivity contribution in [2.24, 2.45) is 0 Å². The van der Waals surface area contributed by atoms with Crippen molar-refractivity contribution in [3.63, 3.8) is 0 Å². The fourth-order valence-electron chi connectivity index (χ4n) is 4.12. The van der Waals surface area contributed by atoms with E-state index in [-0.39, 0.29) is 0 Å². The fourth-order valence-corrected chi connectivity index (χ4v) is 4.12. The molecule has 2 heterocycles. The molecule has 0 amide bonds. The van der Waals surface area contributed by atoms with Gasteiger partial charge in [-0.25, -0.2) is 0 Å². The fraction of sp³-hybridized carbons (Fsp3) is 0.0714. The molecular weight excluding hydrogens is 396 g/mol. The average Bonchev–Trinajstić information content (AvgIpc) is 2.83. The minimum Gasteiger partial charge on any atom is -0.298 e. The molecule has 0 atom stereocenters. The number of aromatic nitrogens is 2. The van der Waals surface area contributed by atoms with Crippen molar-refractivity contribution in [1.82, 2.24) is 9.97 Å². The summed E-state index contributed by atoms with van der Waals surface area (Å²) in [4.78, 5) is 31.8. The van der Waals surface area contributed by atoms with Gasteiger partial charge in [0.15, 0.2) is 0 Å². The topological polar surface area (TPSA) is 59.9 Å². The Labute approximate surface area is 185 Å². The van der Waals surface area contributed by atoms with Crippen molar-refractivity contribution in [2.45, 2.75) is 13.8 Å². The lowest BCUT2D eigenvalue weighted by Crippen LogP contribution is -1.95. The number of aryl methyl sites for hydroxylation is 2. The van der Waals surface area contributed by atoms with Crippen LogP contribution in [0.4, 0.5) is 0 Å². The number of aldehydes is 2. The maximum absolute atomic E-state index is 11.0. The summed E-state index contributed by atoms with van der Waals surface area (Å²) >= 11 is 0. The summed E-state index contributed by atoms with van der Waals surface area (Å²) in [5, 5.41) is 2.04. The molecule has 0 fully saturated rings. The van der Waals surface area contributed by atoms with Crippen molar-refractivity contribution >= 4 is 34.4 Å². The third-order valence-electron chi connectivity index (χ3n) is 5.87. The summed E-state index contributed by atoms with van der Waals surface area (Å²) in [6.45, 7) is 3.99. The van der Waals surface area contributed by atoms with Crippen molar-refractivity contribution in [3.05, 3.63) is 95.3 Å². The summed E-state index contributed by atoms with van der Waals surface area (Å²) in [7, 11) is 0. The van der Waals surface area contributed by atoms with Crippen LogP contribution < -0.4 is 0 Å². The van der Waals surface area contributed by atoms with E-state index in [0.717, 1.165) is 68.0 Å². The number of carbonyl (C=O) groups excluding carboxylic acids is 2. The number of benzene rings is 3. The summed E-state index contributed by atoms with van der Waals surface area (Å²) in [5.41, 5.74) is 9.02.